The highest BCUT2D eigenvalue weighted by molar-refractivity contribution is 5.70. The first-order chi connectivity index (χ1) is 9.08. The number of carbonyl (C=O) groups excluding carboxylic acids is 1. The highest BCUT2D eigenvalue weighted by Gasteiger charge is 2.17. The van der Waals surface area contributed by atoms with E-state index in [0.717, 1.165) is 0 Å². The first-order valence-corrected chi connectivity index (χ1v) is 5.85. The Kier molecular flexibility index (Phi) is 6.27. The topological polar surface area (TPSA) is 96.2 Å². The van der Waals surface area contributed by atoms with Crippen LogP contribution in [-0.2, 0) is 9.53 Å². The molecule has 1 aromatic rings. The molecule has 0 radical (unpaired) electrons. The van der Waals surface area contributed by atoms with Gasteiger partial charge in [-0.1, -0.05) is 12.1 Å². The minimum Gasteiger partial charge on any atom is -0.482 e. The number of rotatable bonds is 7. The monoisotopic (exact) mass is 270 g/mol. The fourth-order valence-corrected chi connectivity index (χ4v) is 1.47. The second-order valence-corrected chi connectivity index (χ2v) is 3.96. The molecule has 6 heteroatoms. The van der Waals surface area contributed by atoms with Crippen LogP contribution >= 0.6 is 0 Å². The smallest absolute Gasteiger partial charge is 0.343 e. The number of benzene rings is 1. The summed E-state index contributed by atoms with van der Waals surface area (Å²) in [6, 6.07) is 6.32. The Labute approximate surface area is 111 Å². The van der Waals surface area contributed by atoms with Gasteiger partial charge < -0.3 is 24.8 Å². The third kappa shape index (κ3) is 4.86. The lowest BCUT2D eigenvalue weighted by molar-refractivity contribution is -0.142. The van der Waals surface area contributed by atoms with Gasteiger partial charge in [0.15, 0.2) is 6.61 Å². The van der Waals surface area contributed by atoms with Crippen LogP contribution in [0, 0.1) is 0 Å². The summed E-state index contributed by atoms with van der Waals surface area (Å²) in [4.78, 5) is 10.9. The standard InChI is InChI=1S/C13H18O6/c1-18-12(16)8-19-10-4-2-9(3-5-10)13(17)11(15)6-7-14/h2-5,11,13-15,17H,6-8H2,1H3. The fourth-order valence-electron chi connectivity index (χ4n) is 1.47. The lowest BCUT2D eigenvalue weighted by atomic mass is 10.0. The molecule has 1 aromatic carbocycles. The van der Waals surface area contributed by atoms with E-state index in [1.165, 1.54) is 7.11 Å². The molecule has 0 aliphatic carbocycles. The number of esters is 1. The Morgan fingerprint density at radius 2 is 1.89 bits per heavy atom. The summed E-state index contributed by atoms with van der Waals surface area (Å²) in [5, 5.41) is 28.0. The first-order valence-electron chi connectivity index (χ1n) is 5.85. The molecule has 1 rings (SSSR count). The molecule has 0 bridgehead atoms. The summed E-state index contributed by atoms with van der Waals surface area (Å²) >= 11 is 0. The number of hydrogen-bond acceptors (Lipinski definition) is 6. The summed E-state index contributed by atoms with van der Waals surface area (Å²) in [5.41, 5.74) is 0.506. The van der Waals surface area contributed by atoms with Gasteiger partial charge in [0.1, 0.15) is 11.9 Å². The van der Waals surface area contributed by atoms with E-state index in [4.69, 9.17) is 9.84 Å². The maximum Gasteiger partial charge on any atom is 0.343 e. The van der Waals surface area contributed by atoms with Crippen LogP contribution in [0.1, 0.15) is 18.1 Å². The van der Waals surface area contributed by atoms with Crippen molar-refractivity contribution in [3.05, 3.63) is 29.8 Å². The fraction of sp³-hybridized carbons (Fsp3) is 0.462. The van der Waals surface area contributed by atoms with Gasteiger partial charge in [-0.25, -0.2) is 4.79 Å². The summed E-state index contributed by atoms with van der Waals surface area (Å²) in [7, 11) is 1.27. The van der Waals surface area contributed by atoms with Crippen LogP contribution in [0.25, 0.3) is 0 Å². The third-order valence-electron chi connectivity index (χ3n) is 2.60. The first kappa shape index (κ1) is 15.4. The second-order valence-electron chi connectivity index (χ2n) is 3.96. The molecule has 19 heavy (non-hydrogen) atoms. The Bertz CT molecular complexity index is 389. The molecule has 6 nitrogen and oxygen atoms in total. The third-order valence-corrected chi connectivity index (χ3v) is 2.60. The molecule has 106 valence electrons. The Morgan fingerprint density at radius 3 is 2.42 bits per heavy atom. The number of hydrogen-bond donors (Lipinski definition) is 3. The largest absolute Gasteiger partial charge is 0.482 e. The van der Waals surface area contributed by atoms with E-state index in [9.17, 15) is 15.0 Å². The van der Waals surface area contributed by atoms with Crippen molar-refractivity contribution in [2.45, 2.75) is 18.6 Å². The van der Waals surface area contributed by atoms with Crippen molar-refractivity contribution in [2.24, 2.45) is 0 Å². The minimum absolute atomic E-state index is 0.0990. The van der Waals surface area contributed by atoms with E-state index in [1.54, 1.807) is 24.3 Å². The van der Waals surface area contributed by atoms with Gasteiger partial charge in [-0.2, -0.15) is 0 Å². The molecule has 0 saturated heterocycles. The molecule has 0 aliphatic rings. The Hall–Kier alpha value is -1.63. The molecule has 0 aliphatic heterocycles. The second kappa shape index (κ2) is 7.73. The van der Waals surface area contributed by atoms with Crippen molar-refractivity contribution in [1.82, 2.24) is 0 Å². The molecule has 0 spiro atoms. The number of ether oxygens (including phenoxy) is 2. The highest BCUT2D eigenvalue weighted by Crippen LogP contribution is 2.21. The van der Waals surface area contributed by atoms with Crippen LogP contribution in [0.5, 0.6) is 5.75 Å². The maximum absolute atomic E-state index is 10.9. The van der Waals surface area contributed by atoms with Gasteiger partial charge in [0.2, 0.25) is 0 Å². The number of methoxy groups -OCH3 is 1. The van der Waals surface area contributed by atoms with Crippen LogP contribution in [0.15, 0.2) is 24.3 Å². The molecule has 3 N–H and O–H groups in total. The van der Waals surface area contributed by atoms with E-state index in [2.05, 4.69) is 4.74 Å². The van der Waals surface area contributed by atoms with Crippen LogP contribution in [0.2, 0.25) is 0 Å². The van der Waals surface area contributed by atoms with E-state index >= 15 is 0 Å². The summed E-state index contributed by atoms with van der Waals surface area (Å²) < 4.78 is 9.57. The predicted octanol–water partition coefficient (Wildman–Crippen LogP) is 0.0151. The quantitative estimate of drug-likeness (QED) is 0.604. The zero-order valence-corrected chi connectivity index (χ0v) is 10.7. The van der Waals surface area contributed by atoms with E-state index in [-0.39, 0.29) is 19.6 Å². The predicted molar refractivity (Wildman–Crippen MR) is 66.6 cm³/mol. The van der Waals surface area contributed by atoms with Crippen molar-refractivity contribution in [3.8, 4) is 5.75 Å². The highest BCUT2D eigenvalue weighted by atomic mass is 16.6. The number of aliphatic hydroxyl groups is 3. The van der Waals surface area contributed by atoms with Crippen molar-refractivity contribution in [1.29, 1.82) is 0 Å². The van der Waals surface area contributed by atoms with Crippen molar-refractivity contribution in [2.75, 3.05) is 20.3 Å². The molecular formula is C13H18O6. The van der Waals surface area contributed by atoms with Gasteiger partial charge in [0.05, 0.1) is 13.2 Å². The van der Waals surface area contributed by atoms with Crippen LogP contribution in [-0.4, -0.2) is 47.7 Å². The number of carbonyl (C=O) groups is 1. The van der Waals surface area contributed by atoms with Gasteiger partial charge in [-0.3, -0.25) is 0 Å². The zero-order chi connectivity index (χ0) is 14.3. The van der Waals surface area contributed by atoms with Gasteiger partial charge >= 0.3 is 5.97 Å². The van der Waals surface area contributed by atoms with Crippen LogP contribution < -0.4 is 4.74 Å². The lowest BCUT2D eigenvalue weighted by Gasteiger charge is -2.17. The van der Waals surface area contributed by atoms with Gasteiger partial charge in [-0.05, 0) is 24.1 Å². The summed E-state index contributed by atoms with van der Waals surface area (Å²) in [6.07, 6.45) is -1.99. The average Bonchev–Trinajstić information content (AvgIpc) is 2.44. The molecule has 0 aromatic heterocycles. The maximum atomic E-state index is 10.9. The van der Waals surface area contributed by atoms with Crippen LogP contribution in [0.3, 0.4) is 0 Å². The number of aliphatic hydroxyl groups excluding tert-OH is 3. The molecule has 2 atom stereocenters. The molecule has 2 unspecified atom stereocenters. The van der Waals surface area contributed by atoms with Crippen LogP contribution in [0.4, 0.5) is 0 Å². The molecule has 0 fully saturated rings. The van der Waals surface area contributed by atoms with Gasteiger partial charge in [0, 0.05) is 6.61 Å². The minimum atomic E-state index is -1.07. The van der Waals surface area contributed by atoms with E-state index in [0.29, 0.717) is 11.3 Å². The SMILES string of the molecule is COC(=O)COc1ccc(C(O)C(O)CCO)cc1. The van der Waals surface area contributed by atoms with Crippen molar-refractivity contribution < 1.29 is 29.6 Å². The average molecular weight is 270 g/mol. The summed E-state index contributed by atoms with van der Waals surface area (Å²) in [5.74, 6) is -0.0273. The Balaban J connectivity index is 2.58. The van der Waals surface area contributed by atoms with Gasteiger partial charge in [-0.15, -0.1) is 0 Å². The zero-order valence-electron chi connectivity index (χ0n) is 10.7. The molecule has 0 saturated carbocycles. The Morgan fingerprint density at radius 1 is 1.26 bits per heavy atom. The van der Waals surface area contributed by atoms with Crippen molar-refractivity contribution >= 4 is 5.97 Å². The molecule has 0 heterocycles. The van der Waals surface area contributed by atoms with E-state index < -0.39 is 18.2 Å². The molecule has 0 amide bonds. The lowest BCUT2D eigenvalue weighted by Crippen LogP contribution is -2.19. The summed E-state index contributed by atoms with van der Waals surface area (Å²) in [6.45, 7) is -0.385. The van der Waals surface area contributed by atoms with Crippen molar-refractivity contribution in [3.63, 3.8) is 0 Å². The van der Waals surface area contributed by atoms with E-state index in [1.807, 2.05) is 0 Å². The van der Waals surface area contributed by atoms with Gasteiger partial charge in [0.25, 0.3) is 0 Å². The normalized spacial score (nSPS) is 13.7. The molecular weight excluding hydrogens is 252 g/mol.